The minimum Gasteiger partial charge on any atom is -0.383 e. The van der Waals surface area contributed by atoms with Gasteiger partial charge in [-0.2, -0.15) is 0 Å². The number of amides is 2. The first kappa shape index (κ1) is 19.1. The average molecular weight is 346 g/mol. The molecule has 0 bridgehead atoms. The van der Waals surface area contributed by atoms with E-state index in [1.165, 1.54) is 6.92 Å². The van der Waals surface area contributed by atoms with Gasteiger partial charge < -0.3 is 15.4 Å². The van der Waals surface area contributed by atoms with Crippen molar-refractivity contribution in [3.8, 4) is 0 Å². The number of rotatable bonds is 7. The quantitative estimate of drug-likeness (QED) is 0.586. The number of hydrogen-bond acceptors (Lipinski definition) is 4. The number of Topliss-reactive ketones (excluding diaryl/α,β-unsaturated/α-hetero) is 1. The molecule has 0 atom stereocenters. The molecule has 2 N–H and O–H groups in total. The number of benzene rings is 1. The van der Waals surface area contributed by atoms with Crippen LogP contribution in [0.1, 0.15) is 43.0 Å². The topological polar surface area (TPSA) is 84.5 Å². The molecule has 0 aromatic heterocycles. The third-order valence-corrected chi connectivity index (χ3v) is 4.61. The van der Waals surface area contributed by atoms with Crippen molar-refractivity contribution >= 4 is 23.3 Å². The van der Waals surface area contributed by atoms with E-state index in [1.807, 2.05) is 0 Å². The number of nitrogens with one attached hydrogen (secondary N) is 2. The van der Waals surface area contributed by atoms with Crippen molar-refractivity contribution in [1.82, 2.24) is 5.32 Å². The van der Waals surface area contributed by atoms with Crippen LogP contribution in [0.5, 0.6) is 0 Å². The van der Waals surface area contributed by atoms with Gasteiger partial charge in [-0.1, -0.05) is 12.1 Å². The highest BCUT2D eigenvalue weighted by Crippen LogP contribution is 2.30. The van der Waals surface area contributed by atoms with Gasteiger partial charge in [-0.05, 0) is 44.7 Å². The third-order valence-electron chi connectivity index (χ3n) is 4.61. The molecule has 0 spiro atoms. The molecule has 1 aliphatic carbocycles. The fourth-order valence-corrected chi connectivity index (χ4v) is 3.10. The molecule has 2 amide bonds. The van der Waals surface area contributed by atoms with Crippen LogP contribution in [0.15, 0.2) is 24.3 Å². The molecule has 0 saturated heterocycles. The van der Waals surface area contributed by atoms with Gasteiger partial charge in [0.15, 0.2) is 5.78 Å². The third kappa shape index (κ3) is 5.67. The van der Waals surface area contributed by atoms with Crippen LogP contribution < -0.4 is 10.6 Å². The van der Waals surface area contributed by atoms with Crippen LogP contribution >= 0.6 is 0 Å². The summed E-state index contributed by atoms with van der Waals surface area (Å²) in [6.07, 6.45) is 2.82. The van der Waals surface area contributed by atoms with Crippen LogP contribution in [0.2, 0.25) is 0 Å². The first-order valence-electron chi connectivity index (χ1n) is 8.69. The molecule has 0 radical (unpaired) electrons. The Morgan fingerprint density at radius 2 is 1.72 bits per heavy atom. The Morgan fingerprint density at radius 3 is 2.32 bits per heavy atom. The Hall–Kier alpha value is -2.21. The van der Waals surface area contributed by atoms with Crippen molar-refractivity contribution in [2.45, 2.75) is 32.6 Å². The van der Waals surface area contributed by atoms with Gasteiger partial charge in [-0.3, -0.25) is 14.4 Å². The number of anilines is 1. The summed E-state index contributed by atoms with van der Waals surface area (Å²) in [7, 11) is 1.60. The number of ketones is 1. The fourth-order valence-electron chi connectivity index (χ4n) is 3.10. The molecule has 1 aliphatic rings. The number of carbonyl (C=O) groups excluding carboxylic acids is 3. The molecule has 0 heterocycles. The average Bonchev–Trinajstić information content (AvgIpc) is 2.62. The zero-order valence-corrected chi connectivity index (χ0v) is 14.8. The molecule has 6 heteroatoms. The highest BCUT2D eigenvalue weighted by atomic mass is 16.5. The van der Waals surface area contributed by atoms with Gasteiger partial charge in [0.2, 0.25) is 11.8 Å². The maximum atomic E-state index is 12.4. The van der Waals surface area contributed by atoms with Crippen molar-refractivity contribution in [3.05, 3.63) is 29.8 Å². The van der Waals surface area contributed by atoms with E-state index < -0.39 is 0 Å². The predicted octanol–water partition coefficient (Wildman–Crippen LogP) is 2.40. The second kappa shape index (κ2) is 9.32. The van der Waals surface area contributed by atoms with Crippen molar-refractivity contribution in [3.63, 3.8) is 0 Å². The predicted molar refractivity (Wildman–Crippen MR) is 95.4 cm³/mol. The van der Waals surface area contributed by atoms with E-state index in [1.54, 1.807) is 31.4 Å². The summed E-state index contributed by atoms with van der Waals surface area (Å²) in [5, 5.41) is 5.74. The summed E-state index contributed by atoms with van der Waals surface area (Å²) in [4.78, 5) is 35.9. The maximum absolute atomic E-state index is 12.4. The van der Waals surface area contributed by atoms with Crippen LogP contribution in [-0.2, 0) is 14.3 Å². The monoisotopic (exact) mass is 346 g/mol. The van der Waals surface area contributed by atoms with Crippen LogP contribution in [0.3, 0.4) is 0 Å². The van der Waals surface area contributed by atoms with Crippen molar-refractivity contribution in [2.75, 3.05) is 25.6 Å². The Labute approximate surface area is 148 Å². The molecule has 1 aromatic carbocycles. The molecule has 2 rings (SSSR count). The molecule has 0 aliphatic heterocycles. The zero-order chi connectivity index (χ0) is 18.2. The van der Waals surface area contributed by atoms with E-state index in [0.717, 1.165) is 0 Å². The van der Waals surface area contributed by atoms with E-state index in [0.29, 0.717) is 50.1 Å². The maximum Gasteiger partial charge on any atom is 0.227 e. The molecule has 0 unspecified atom stereocenters. The molecule has 1 aromatic rings. The number of ether oxygens (including phenoxy) is 1. The van der Waals surface area contributed by atoms with Gasteiger partial charge in [0.05, 0.1) is 6.61 Å². The van der Waals surface area contributed by atoms with Gasteiger partial charge in [0.1, 0.15) is 0 Å². The molecule has 6 nitrogen and oxygen atoms in total. The summed E-state index contributed by atoms with van der Waals surface area (Å²) in [6.45, 7) is 2.52. The Kier molecular flexibility index (Phi) is 7.13. The van der Waals surface area contributed by atoms with Gasteiger partial charge >= 0.3 is 0 Å². The zero-order valence-electron chi connectivity index (χ0n) is 14.8. The number of carbonyl (C=O) groups is 3. The Bertz CT molecular complexity index is 622. The Morgan fingerprint density at radius 1 is 1.08 bits per heavy atom. The van der Waals surface area contributed by atoms with Crippen LogP contribution in [0.4, 0.5) is 5.69 Å². The lowest BCUT2D eigenvalue weighted by Crippen LogP contribution is -2.36. The molecular formula is C19H26N2O4. The minimum atomic E-state index is -0.0935. The molecule has 136 valence electrons. The van der Waals surface area contributed by atoms with Gasteiger partial charge in [0.25, 0.3) is 0 Å². The number of hydrogen-bond donors (Lipinski definition) is 2. The molecule has 1 saturated carbocycles. The van der Waals surface area contributed by atoms with Gasteiger partial charge in [0, 0.05) is 36.7 Å². The van der Waals surface area contributed by atoms with Crippen LogP contribution in [0, 0.1) is 11.8 Å². The van der Waals surface area contributed by atoms with E-state index >= 15 is 0 Å². The largest absolute Gasteiger partial charge is 0.383 e. The number of methoxy groups -OCH3 is 1. The molecular weight excluding hydrogens is 320 g/mol. The van der Waals surface area contributed by atoms with E-state index in [-0.39, 0.29) is 29.4 Å². The SMILES string of the molecule is COCCNC(=O)C1CCC(C(=O)Nc2cccc(C(C)=O)c2)CC1. The molecule has 1 fully saturated rings. The lowest BCUT2D eigenvalue weighted by atomic mass is 9.81. The highest BCUT2D eigenvalue weighted by Gasteiger charge is 2.29. The summed E-state index contributed by atoms with van der Waals surface area (Å²) >= 11 is 0. The van der Waals surface area contributed by atoms with E-state index in [9.17, 15) is 14.4 Å². The first-order valence-corrected chi connectivity index (χ1v) is 8.69. The summed E-state index contributed by atoms with van der Waals surface area (Å²) in [5.74, 6) is -0.147. The second-order valence-corrected chi connectivity index (χ2v) is 6.46. The lowest BCUT2D eigenvalue weighted by Gasteiger charge is -2.27. The normalized spacial score (nSPS) is 19.9. The summed E-state index contributed by atoms with van der Waals surface area (Å²) < 4.78 is 4.92. The summed E-state index contributed by atoms with van der Waals surface area (Å²) in [5.41, 5.74) is 1.21. The summed E-state index contributed by atoms with van der Waals surface area (Å²) in [6, 6.07) is 6.95. The van der Waals surface area contributed by atoms with E-state index in [4.69, 9.17) is 4.74 Å². The van der Waals surface area contributed by atoms with Gasteiger partial charge in [-0.25, -0.2) is 0 Å². The minimum absolute atomic E-state index is 0.0260. The van der Waals surface area contributed by atoms with Gasteiger partial charge in [-0.15, -0.1) is 0 Å². The van der Waals surface area contributed by atoms with Crippen LogP contribution in [0.25, 0.3) is 0 Å². The lowest BCUT2D eigenvalue weighted by molar-refractivity contribution is -0.128. The Balaban J connectivity index is 1.82. The van der Waals surface area contributed by atoms with E-state index in [2.05, 4.69) is 10.6 Å². The fraction of sp³-hybridized carbons (Fsp3) is 0.526. The van der Waals surface area contributed by atoms with Crippen molar-refractivity contribution in [2.24, 2.45) is 11.8 Å². The first-order chi connectivity index (χ1) is 12.0. The second-order valence-electron chi connectivity index (χ2n) is 6.46. The highest BCUT2D eigenvalue weighted by molar-refractivity contribution is 5.97. The van der Waals surface area contributed by atoms with Crippen molar-refractivity contribution < 1.29 is 19.1 Å². The molecule has 25 heavy (non-hydrogen) atoms. The smallest absolute Gasteiger partial charge is 0.227 e. The standard InChI is InChI=1S/C19H26N2O4/c1-13(22)16-4-3-5-17(12-16)21-19(24)15-8-6-14(7-9-15)18(23)20-10-11-25-2/h3-5,12,14-15H,6-11H2,1-2H3,(H,20,23)(H,21,24). The van der Waals surface area contributed by atoms with Crippen LogP contribution in [-0.4, -0.2) is 37.9 Å². The van der Waals surface area contributed by atoms with Crippen molar-refractivity contribution in [1.29, 1.82) is 0 Å².